The first-order valence-corrected chi connectivity index (χ1v) is 7.34. The van der Waals surface area contributed by atoms with Crippen molar-refractivity contribution < 1.29 is 14.0 Å². The van der Waals surface area contributed by atoms with Crippen LogP contribution in [0.1, 0.15) is 31.8 Å². The quantitative estimate of drug-likeness (QED) is 0.827. The summed E-state index contributed by atoms with van der Waals surface area (Å²) >= 11 is 0. The van der Waals surface area contributed by atoms with E-state index in [0.29, 0.717) is 16.7 Å². The molecular formula is C18H16FN3O2. The summed E-state index contributed by atoms with van der Waals surface area (Å²) in [7, 11) is 0. The van der Waals surface area contributed by atoms with Crippen LogP contribution < -0.4 is 10.6 Å². The monoisotopic (exact) mass is 325 g/mol. The third-order valence-corrected chi connectivity index (χ3v) is 3.38. The minimum atomic E-state index is -0.437. The lowest BCUT2D eigenvalue weighted by Gasteiger charge is -2.08. The van der Waals surface area contributed by atoms with Crippen molar-refractivity contribution in [2.75, 3.05) is 13.1 Å². The Morgan fingerprint density at radius 3 is 2.25 bits per heavy atom. The van der Waals surface area contributed by atoms with Crippen molar-refractivity contribution in [2.45, 2.75) is 6.92 Å². The zero-order valence-electron chi connectivity index (χ0n) is 13.1. The maximum atomic E-state index is 13.4. The topological polar surface area (TPSA) is 82.0 Å². The first-order valence-electron chi connectivity index (χ1n) is 7.34. The molecule has 0 fully saturated rings. The van der Waals surface area contributed by atoms with Crippen LogP contribution in [0.15, 0.2) is 42.5 Å². The average molecular weight is 325 g/mol. The molecule has 0 aliphatic rings. The Kier molecular flexibility index (Phi) is 5.63. The molecule has 0 aliphatic carbocycles. The minimum Gasteiger partial charge on any atom is -0.350 e. The van der Waals surface area contributed by atoms with Crippen LogP contribution in [0.2, 0.25) is 0 Å². The molecule has 5 nitrogen and oxygen atoms in total. The molecule has 2 aromatic rings. The van der Waals surface area contributed by atoms with Gasteiger partial charge in [0.1, 0.15) is 5.82 Å². The molecule has 2 N–H and O–H groups in total. The van der Waals surface area contributed by atoms with Crippen molar-refractivity contribution in [1.29, 1.82) is 5.26 Å². The number of hydrogen-bond donors (Lipinski definition) is 2. The molecule has 122 valence electrons. The highest BCUT2D eigenvalue weighted by molar-refractivity contribution is 5.95. The van der Waals surface area contributed by atoms with Gasteiger partial charge in [0.15, 0.2) is 0 Å². The van der Waals surface area contributed by atoms with Gasteiger partial charge in [-0.15, -0.1) is 0 Å². The molecule has 2 rings (SSSR count). The largest absolute Gasteiger partial charge is 0.350 e. The van der Waals surface area contributed by atoms with E-state index in [4.69, 9.17) is 5.26 Å². The van der Waals surface area contributed by atoms with Crippen LogP contribution >= 0.6 is 0 Å². The normalized spacial score (nSPS) is 9.88. The minimum absolute atomic E-state index is 0.206. The standard InChI is InChI=1S/C18H16FN3O2/c1-12-5-6-15(10-16(12)19)18(24)22-8-7-21-17(23)14-4-2-3-13(9-14)11-20/h2-6,9-10H,7-8H2,1H3,(H,21,23)(H,22,24). The number of rotatable bonds is 5. The Morgan fingerprint density at radius 1 is 1.04 bits per heavy atom. The Balaban J connectivity index is 1.81. The van der Waals surface area contributed by atoms with Gasteiger partial charge in [-0.25, -0.2) is 4.39 Å². The zero-order valence-corrected chi connectivity index (χ0v) is 13.1. The summed E-state index contributed by atoms with van der Waals surface area (Å²) in [5.74, 6) is -1.18. The number of aryl methyl sites for hydroxylation is 1. The Hall–Kier alpha value is -3.20. The zero-order chi connectivity index (χ0) is 17.5. The predicted octanol–water partition coefficient (Wildman–Crippen LogP) is 2.17. The highest BCUT2D eigenvalue weighted by Crippen LogP contribution is 2.09. The van der Waals surface area contributed by atoms with Crippen molar-refractivity contribution in [3.63, 3.8) is 0 Å². The average Bonchev–Trinajstić information content (AvgIpc) is 2.60. The molecule has 0 unspecified atom stereocenters. The molecule has 0 bridgehead atoms. The maximum Gasteiger partial charge on any atom is 0.251 e. The lowest BCUT2D eigenvalue weighted by atomic mass is 10.1. The lowest BCUT2D eigenvalue weighted by molar-refractivity contribution is 0.0927. The summed E-state index contributed by atoms with van der Waals surface area (Å²) in [6, 6.07) is 12.5. The Morgan fingerprint density at radius 2 is 1.67 bits per heavy atom. The summed E-state index contributed by atoms with van der Waals surface area (Å²) in [5.41, 5.74) is 1.47. The Bertz CT molecular complexity index is 812. The van der Waals surface area contributed by atoms with Gasteiger partial charge in [-0.2, -0.15) is 5.26 Å². The van der Waals surface area contributed by atoms with Crippen LogP contribution in [0.3, 0.4) is 0 Å². The smallest absolute Gasteiger partial charge is 0.251 e. The van der Waals surface area contributed by atoms with Crippen LogP contribution in [-0.2, 0) is 0 Å². The first-order chi connectivity index (χ1) is 11.5. The molecule has 2 aromatic carbocycles. The second kappa shape index (κ2) is 7.88. The van der Waals surface area contributed by atoms with E-state index >= 15 is 0 Å². The van der Waals surface area contributed by atoms with Crippen molar-refractivity contribution in [3.8, 4) is 6.07 Å². The molecule has 0 saturated carbocycles. The number of halogens is 1. The maximum absolute atomic E-state index is 13.4. The molecule has 0 saturated heterocycles. The predicted molar refractivity (Wildman–Crippen MR) is 87.0 cm³/mol. The van der Waals surface area contributed by atoms with Gasteiger partial charge in [0.2, 0.25) is 0 Å². The summed E-state index contributed by atoms with van der Waals surface area (Å²) in [5, 5.41) is 14.1. The summed E-state index contributed by atoms with van der Waals surface area (Å²) in [4.78, 5) is 23.8. The van der Waals surface area contributed by atoms with Crippen LogP contribution in [0.5, 0.6) is 0 Å². The van der Waals surface area contributed by atoms with E-state index < -0.39 is 11.7 Å². The number of amides is 2. The molecule has 0 spiro atoms. The molecule has 0 radical (unpaired) electrons. The van der Waals surface area contributed by atoms with E-state index in [1.54, 1.807) is 31.2 Å². The number of carbonyl (C=O) groups is 2. The van der Waals surface area contributed by atoms with Gasteiger partial charge in [0, 0.05) is 24.2 Å². The first kappa shape index (κ1) is 17.2. The number of hydrogen-bond acceptors (Lipinski definition) is 3. The van der Waals surface area contributed by atoms with Crippen molar-refractivity contribution in [3.05, 3.63) is 70.5 Å². The summed E-state index contributed by atoms with van der Waals surface area (Å²) in [6.07, 6.45) is 0. The van der Waals surface area contributed by atoms with Gasteiger partial charge in [-0.05, 0) is 42.8 Å². The van der Waals surface area contributed by atoms with E-state index in [-0.39, 0.29) is 24.6 Å². The SMILES string of the molecule is Cc1ccc(C(=O)NCCNC(=O)c2cccc(C#N)c2)cc1F. The highest BCUT2D eigenvalue weighted by atomic mass is 19.1. The van der Waals surface area contributed by atoms with E-state index in [0.717, 1.165) is 0 Å². The molecule has 0 aliphatic heterocycles. The fraction of sp³-hybridized carbons (Fsp3) is 0.167. The second-order valence-electron chi connectivity index (χ2n) is 5.17. The fourth-order valence-corrected chi connectivity index (χ4v) is 2.02. The van der Waals surface area contributed by atoms with Gasteiger partial charge >= 0.3 is 0 Å². The molecular weight excluding hydrogens is 309 g/mol. The highest BCUT2D eigenvalue weighted by Gasteiger charge is 2.09. The molecule has 2 amide bonds. The van der Waals surface area contributed by atoms with Gasteiger partial charge in [-0.1, -0.05) is 12.1 Å². The van der Waals surface area contributed by atoms with E-state index in [2.05, 4.69) is 10.6 Å². The Labute approximate surface area is 139 Å². The van der Waals surface area contributed by atoms with Crippen molar-refractivity contribution >= 4 is 11.8 Å². The van der Waals surface area contributed by atoms with Crippen molar-refractivity contribution in [1.82, 2.24) is 10.6 Å². The van der Waals surface area contributed by atoms with Gasteiger partial charge in [-0.3, -0.25) is 9.59 Å². The molecule has 0 aromatic heterocycles. The summed E-state index contributed by atoms with van der Waals surface area (Å²) < 4.78 is 13.4. The van der Waals surface area contributed by atoms with Crippen molar-refractivity contribution in [2.24, 2.45) is 0 Å². The molecule has 0 heterocycles. The second-order valence-corrected chi connectivity index (χ2v) is 5.17. The number of benzene rings is 2. The number of nitrogens with one attached hydrogen (secondary N) is 2. The number of nitrogens with zero attached hydrogens (tertiary/aromatic N) is 1. The fourth-order valence-electron chi connectivity index (χ4n) is 2.02. The molecule has 24 heavy (non-hydrogen) atoms. The van der Waals surface area contributed by atoms with Gasteiger partial charge in [0.25, 0.3) is 11.8 Å². The van der Waals surface area contributed by atoms with E-state index in [9.17, 15) is 14.0 Å². The van der Waals surface area contributed by atoms with Gasteiger partial charge < -0.3 is 10.6 Å². The van der Waals surface area contributed by atoms with E-state index in [1.165, 1.54) is 18.2 Å². The van der Waals surface area contributed by atoms with Crippen LogP contribution in [-0.4, -0.2) is 24.9 Å². The number of nitriles is 1. The molecule has 6 heteroatoms. The van der Waals surface area contributed by atoms with Gasteiger partial charge in [0.05, 0.1) is 11.6 Å². The van der Waals surface area contributed by atoms with Crippen LogP contribution in [0, 0.1) is 24.1 Å². The third-order valence-electron chi connectivity index (χ3n) is 3.38. The molecule has 0 atom stereocenters. The third kappa shape index (κ3) is 4.40. The van der Waals surface area contributed by atoms with Crippen LogP contribution in [0.25, 0.3) is 0 Å². The summed E-state index contributed by atoms with van der Waals surface area (Å²) in [6.45, 7) is 2.04. The number of carbonyl (C=O) groups excluding carboxylic acids is 2. The van der Waals surface area contributed by atoms with E-state index in [1.807, 2.05) is 6.07 Å². The lowest BCUT2D eigenvalue weighted by Crippen LogP contribution is -2.34. The van der Waals surface area contributed by atoms with Crippen LogP contribution in [0.4, 0.5) is 4.39 Å².